The Morgan fingerprint density at radius 1 is 1.29 bits per heavy atom. The number of rotatable bonds is 0. The number of nitrogens with one attached hydrogen (secondary N) is 1. The van der Waals surface area contributed by atoms with Gasteiger partial charge in [-0.05, 0) is 19.4 Å². The summed E-state index contributed by atoms with van der Waals surface area (Å²) in [5, 5.41) is 7.24. The van der Waals surface area contributed by atoms with Crippen LogP contribution in [0.15, 0.2) is 6.20 Å². The Kier molecular flexibility index (Phi) is 3.17. The number of nitrogens with zero attached hydrogens (tertiary/aromatic N) is 2. The summed E-state index contributed by atoms with van der Waals surface area (Å²) in [4.78, 5) is 4.00. The van der Waals surface area contributed by atoms with Crippen LogP contribution in [-0.2, 0) is 0 Å². The molecule has 1 N–H and O–H groups in total. The quantitative estimate of drug-likeness (QED) is 0.702. The first-order valence-electron chi connectivity index (χ1n) is 4.66. The van der Waals surface area contributed by atoms with Crippen molar-refractivity contribution in [1.29, 1.82) is 0 Å². The van der Waals surface area contributed by atoms with Gasteiger partial charge in [-0.1, -0.05) is 13.8 Å². The van der Waals surface area contributed by atoms with Gasteiger partial charge in [0.1, 0.15) is 5.82 Å². The Bertz CT molecular complexity index is 434. The van der Waals surface area contributed by atoms with Crippen molar-refractivity contribution in [2.75, 3.05) is 0 Å². The number of pyridine rings is 1. The first kappa shape index (κ1) is 10.6. The van der Waals surface area contributed by atoms with Crippen molar-refractivity contribution in [3.05, 3.63) is 23.3 Å². The molecule has 76 valence electrons. The van der Waals surface area contributed by atoms with E-state index in [0.717, 1.165) is 5.39 Å². The van der Waals surface area contributed by atoms with Crippen molar-refractivity contribution in [2.45, 2.75) is 27.7 Å². The average Bonchev–Trinajstić information content (AvgIpc) is 2.65. The molecule has 2 rings (SSSR count). The highest BCUT2D eigenvalue weighted by molar-refractivity contribution is 5.78. The van der Waals surface area contributed by atoms with Gasteiger partial charge in [-0.25, -0.2) is 9.37 Å². The molecule has 2 aromatic rings. The SMILES string of the molecule is CC.Cc1nc2[nH]ncc2c(C)c1F. The highest BCUT2D eigenvalue weighted by Gasteiger charge is 2.08. The van der Waals surface area contributed by atoms with Crippen LogP contribution in [0.2, 0.25) is 0 Å². The third kappa shape index (κ3) is 1.60. The van der Waals surface area contributed by atoms with Gasteiger partial charge >= 0.3 is 0 Å². The molecule has 0 atom stereocenters. The normalized spacial score (nSPS) is 9.79. The zero-order chi connectivity index (χ0) is 10.7. The molecule has 0 aliphatic rings. The number of aromatic amines is 1. The summed E-state index contributed by atoms with van der Waals surface area (Å²) in [7, 11) is 0. The number of hydrogen-bond donors (Lipinski definition) is 1. The lowest BCUT2D eigenvalue weighted by Crippen LogP contribution is -1.92. The monoisotopic (exact) mass is 195 g/mol. The highest BCUT2D eigenvalue weighted by atomic mass is 19.1. The average molecular weight is 195 g/mol. The molecule has 0 unspecified atom stereocenters. The summed E-state index contributed by atoms with van der Waals surface area (Å²) < 4.78 is 13.2. The van der Waals surface area contributed by atoms with Gasteiger partial charge < -0.3 is 0 Å². The van der Waals surface area contributed by atoms with Gasteiger partial charge in [-0.15, -0.1) is 0 Å². The molecule has 0 aliphatic carbocycles. The minimum Gasteiger partial charge on any atom is -0.261 e. The third-order valence-corrected chi connectivity index (χ3v) is 1.95. The smallest absolute Gasteiger partial charge is 0.155 e. The van der Waals surface area contributed by atoms with Crippen LogP contribution in [0.5, 0.6) is 0 Å². The molecule has 0 aliphatic heterocycles. The van der Waals surface area contributed by atoms with E-state index < -0.39 is 0 Å². The molecule has 0 aromatic carbocycles. The highest BCUT2D eigenvalue weighted by Crippen LogP contribution is 2.18. The van der Waals surface area contributed by atoms with E-state index in [0.29, 0.717) is 16.9 Å². The van der Waals surface area contributed by atoms with Gasteiger partial charge in [-0.3, -0.25) is 5.10 Å². The number of aromatic nitrogens is 3. The maximum atomic E-state index is 13.2. The summed E-state index contributed by atoms with van der Waals surface area (Å²) in [5.41, 5.74) is 1.65. The molecule has 2 aromatic heterocycles. The number of aryl methyl sites for hydroxylation is 2. The minimum atomic E-state index is -0.246. The molecule has 0 bridgehead atoms. The van der Waals surface area contributed by atoms with Gasteiger partial charge in [-0.2, -0.15) is 5.10 Å². The molecular formula is C10H14FN3. The zero-order valence-electron chi connectivity index (χ0n) is 8.85. The van der Waals surface area contributed by atoms with Crippen LogP contribution >= 0.6 is 0 Å². The van der Waals surface area contributed by atoms with Crippen molar-refractivity contribution in [2.24, 2.45) is 0 Å². The topological polar surface area (TPSA) is 41.6 Å². The van der Waals surface area contributed by atoms with Gasteiger partial charge in [0, 0.05) is 5.39 Å². The van der Waals surface area contributed by atoms with Gasteiger partial charge in [0.25, 0.3) is 0 Å². The summed E-state index contributed by atoms with van der Waals surface area (Å²) in [6.45, 7) is 7.37. The summed E-state index contributed by atoms with van der Waals surface area (Å²) in [5.74, 6) is -0.246. The standard InChI is InChI=1S/C8H8FN3.C2H6/c1-4-6-3-10-12-8(6)11-5(2)7(4)9;1-2/h3H,1-2H3,(H,10,11,12);1-2H3. The van der Waals surface area contributed by atoms with E-state index in [-0.39, 0.29) is 5.82 Å². The van der Waals surface area contributed by atoms with E-state index in [1.54, 1.807) is 20.0 Å². The molecule has 14 heavy (non-hydrogen) atoms. The molecule has 4 heteroatoms. The molecule has 0 radical (unpaired) electrons. The van der Waals surface area contributed by atoms with Crippen molar-refractivity contribution in [3.63, 3.8) is 0 Å². The van der Waals surface area contributed by atoms with Crippen LogP contribution in [0.4, 0.5) is 4.39 Å². The Labute approximate surface area is 82.4 Å². The van der Waals surface area contributed by atoms with Crippen molar-refractivity contribution >= 4 is 11.0 Å². The van der Waals surface area contributed by atoms with Crippen molar-refractivity contribution in [1.82, 2.24) is 15.2 Å². The van der Waals surface area contributed by atoms with Crippen LogP contribution in [0.25, 0.3) is 11.0 Å². The minimum absolute atomic E-state index is 0.246. The summed E-state index contributed by atoms with van der Waals surface area (Å²) in [6.07, 6.45) is 1.58. The number of hydrogen-bond acceptors (Lipinski definition) is 2. The lowest BCUT2D eigenvalue weighted by atomic mass is 10.2. The number of halogens is 1. The maximum Gasteiger partial charge on any atom is 0.155 e. The maximum absolute atomic E-state index is 13.2. The van der Waals surface area contributed by atoms with Crippen molar-refractivity contribution in [3.8, 4) is 0 Å². The lowest BCUT2D eigenvalue weighted by Gasteiger charge is -1.99. The van der Waals surface area contributed by atoms with Gasteiger partial charge in [0.05, 0.1) is 11.9 Å². The Morgan fingerprint density at radius 2 is 1.93 bits per heavy atom. The summed E-state index contributed by atoms with van der Waals surface area (Å²) >= 11 is 0. The Balaban J connectivity index is 0.000000461. The second kappa shape index (κ2) is 4.17. The second-order valence-electron chi connectivity index (χ2n) is 2.77. The van der Waals surface area contributed by atoms with E-state index in [1.807, 2.05) is 13.8 Å². The fourth-order valence-electron chi connectivity index (χ4n) is 1.25. The van der Waals surface area contributed by atoms with E-state index in [2.05, 4.69) is 15.2 Å². The first-order valence-corrected chi connectivity index (χ1v) is 4.66. The predicted molar refractivity (Wildman–Crippen MR) is 54.7 cm³/mol. The lowest BCUT2D eigenvalue weighted by molar-refractivity contribution is 0.604. The summed E-state index contributed by atoms with van der Waals surface area (Å²) in [6, 6.07) is 0. The number of fused-ring (bicyclic) bond motifs is 1. The second-order valence-corrected chi connectivity index (χ2v) is 2.77. The Hall–Kier alpha value is -1.45. The molecule has 3 nitrogen and oxygen atoms in total. The fourth-order valence-corrected chi connectivity index (χ4v) is 1.25. The van der Waals surface area contributed by atoms with Gasteiger partial charge in [0.15, 0.2) is 5.65 Å². The van der Waals surface area contributed by atoms with Crippen LogP contribution in [0.3, 0.4) is 0 Å². The van der Waals surface area contributed by atoms with Crippen molar-refractivity contribution < 1.29 is 4.39 Å². The van der Waals surface area contributed by atoms with E-state index in [4.69, 9.17) is 0 Å². The molecule has 0 amide bonds. The largest absolute Gasteiger partial charge is 0.261 e. The van der Waals surface area contributed by atoms with Crippen LogP contribution in [0, 0.1) is 19.7 Å². The molecular weight excluding hydrogens is 181 g/mol. The number of H-pyrrole nitrogens is 1. The molecule has 0 saturated heterocycles. The van der Waals surface area contributed by atoms with Crippen LogP contribution in [0.1, 0.15) is 25.1 Å². The van der Waals surface area contributed by atoms with E-state index >= 15 is 0 Å². The molecule has 0 saturated carbocycles. The zero-order valence-corrected chi connectivity index (χ0v) is 8.85. The predicted octanol–water partition coefficient (Wildman–Crippen LogP) is 2.74. The Morgan fingerprint density at radius 3 is 2.57 bits per heavy atom. The van der Waals surface area contributed by atoms with Crippen LogP contribution in [-0.4, -0.2) is 15.2 Å². The first-order chi connectivity index (χ1) is 6.70. The van der Waals surface area contributed by atoms with E-state index in [1.165, 1.54) is 0 Å². The molecule has 2 heterocycles. The van der Waals surface area contributed by atoms with Gasteiger partial charge in [0.2, 0.25) is 0 Å². The fraction of sp³-hybridized carbons (Fsp3) is 0.400. The van der Waals surface area contributed by atoms with E-state index in [9.17, 15) is 4.39 Å². The van der Waals surface area contributed by atoms with Crippen LogP contribution < -0.4 is 0 Å². The molecule has 0 fully saturated rings. The molecule has 0 spiro atoms. The third-order valence-electron chi connectivity index (χ3n) is 1.95.